The first-order valence-electron chi connectivity index (χ1n) is 8.17. The van der Waals surface area contributed by atoms with Gasteiger partial charge in [-0.1, -0.05) is 11.6 Å². The fourth-order valence-corrected chi connectivity index (χ4v) is 3.14. The molecule has 24 heavy (non-hydrogen) atoms. The van der Waals surface area contributed by atoms with Gasteiger partial charge in [0.2, 0.25) is 0 Å². The molecule has 7 heteroatoms. The van der Waals surface area contributed by atoms with Crippen molar-refractivity contribution in [2.45, 2.75) is 19.8 Å². The van der Waals surface area contributed by atoms with Crippen LogP contribution in [0.15, 0.2) is 18.2 Å². The summed E-state index contributed by atoms with van der Waals surface area (Å²) in [6.07, 6.45) is 1.73. The first kappa shape index (κ1) is 18.5. The number of ether oxygens (including phenoxy) is 2. The number of hydrogen-bond acceptors (Lipinski definition) is 4. The van der Waals surface area contributed by atoms with Crippen LogP contribution in [-0.4, -0.2) is 45.2 Å². The number of amides is 1. The number of anilines is 1. The maximum Gasteiger partial charge on any atom is 0.314 e. The largest absolute Gasteiger partial charge is 0.495 e. The number of piperidine rings is 1. The zero-order valence-electron chi connectivity index (χ0n) is 14.1. The van der Waals surface area contributed by atoms with Crippen LogP contribution in [0.25, 0.3) is 0 Å². The summed E-state index contributed by atoms with van der Waals surface area (Å²) < 4.78 is 10.3. The number of carbonyl (C=O) groups is 2. The van der Waals surface area contributed by atoms with Crippen LogP contribution in [0.3, 0.4) is 0 Å². The number of carbonyl (C=O) groups excluding carboxylic acids is 2. The highest BCUT2D eigenvalue weighted by molar-refractivity contribution is 6.31. The molecule has 0 aliphatic carbocycles. The zero-order chi connectivity index (χ0) is 17.5. The van der Waals surface area contributed by atoms with Crippen LogP contribution >= 0.6 is 11.6 Å². The summed E-state index contributed by atoms with van der Waals surface area (Å²) in [5, 5.41) is 3.36. The van der Waals surface area contributed by atoms with E-state index in [-0.39, 0.29) is 17.8 Å². The predicted octanol–water partition coefficient (Wildman–Crippen LogP) is 1.15. The Morgan fingerprint density at radius 1 is 1.42 bits per heavy atom. The number of nitrogens with one attached hydrogen (secondary N) is 2. The minimum Gasteiger partial charge on any atom is -0.495 e. The van der Waals surface area contributed by atoms with E-state index in [0.717, 1.165) is 24.3 Å². The van der Waals surface area contributed by atoms with Gasteiger partial charge in [-0.15, -0.1) is 0 Å². The minimum atomic E-state index is -0.161. The van der Waals surface area contributed by atoms with E-state index in [2.05, 4.69) is 5.32 Å². The Labute approximate surface area is 147 Å². The third kappa shape index (κ3) is 5.11. The van der Waals surface area contributed by atoms with Crippen molar-refractivity contribution in [3.63, 3.8) is 0 Å². The van der Waals surface area contributed by atoms with E-state index in [1.165, 1.54) is 0 Å². The monoisotopic (exact) mass is 355 g/mol. The fourth-order valence-electron chi connectivity index (χ4n) is 2.97. The summed E-state index contributed by atoms with van der Waals surface area (Å²) in [4.78, 5) is 25.3. The molecule has 0 bridgehead atoms. The molecular weight excluding hydrogens is 332 g/mol. The number of quaternary nitrogens is 1. The quantitative estimate of drug-likeness (QED) is 0.751. The van der Waals surface area contributed by atoms with Crippen LogP contribution < -0.4 is 15.0 Å². The van der Waals surface area contributed by atoms with E-state index in [4.69, 9.17) is 21.1 Å². The number of benzene rings is 1. The van der Waals surface area contributed by atoms with Crippen LogP contribution in [0.4, 0.5) is 5.69 Å². The smallest absolute Gasteiger partial charge is 0.314 e. The topological polar surface area (TPSA) is 69.1 Å². The van der Waals surface area contributed by atoms with Gasteiger partial charge >= 0.3 is 5.97 Å². The van der Waals surface area contributed by atoms with E-state index in [9.17, 15) is 9.59 Å². The Balaban J connectivity index is 1.92. The molecule has 1 aromatic carbocycles. The van der Waals surface area contributed by atoms with Crippen molar-refractivity contribution in [1.29, 1.82) is 0 Å². The maximum absolute atomic E-state index is 12.3. The molecule has 1 aliphatic rings. The lowest BCUT2D eigenvalue weighted by Crippen LogP contribution is -3.14. The van der Waals surface area contributed by atoms with Crippen molar-refractivity contribution < 1.29 is 24.0 Å². The minimum absolute atomic E-state index is 0.123. The summed E-state index contributed by atoms with van der Waals surface area (Å²) in [6, 6.07) is 5.07. The highest BCUT2D eigenvalue weighted by Crippen LogP contribution is 2.27. The second-order valence-electron chi connectivity index (χ2n) is 5.86. The average molecular weight is 356 g/mol. The molecule has 0 aromatic heterocycles. The van der Waals surface area contributed by atoms with E-state index < -0.39 is 0 Å². The van der Waals surface area contributed by atoms with Gasteiger partial charge in [-0.2, -0.15) is 0 Å². The average Bonchev–Trinajstić information content (AvgIpc) is 2.55. The number of hydrogen-bond donors (Lipinski definition) is 2. The molecule has 132 valence electrons. The molecule has 1 heterocycles. The highest BCUT2D eigenvalue weighted by Gasteiger charge is 2.30. The molecule has 1 fully saturated rings. The van der Waals surface area contributed by atoms with Gasteiger partial charge in [-0.05, 0) is 38.0 Å². The summed E-state index contributed by atoms with van der Waals surface area (Å²) in [7, 11) is 1.54. The number of methoxy groups -OCH3 is 1. The number of rotatable bonds is 6. The van der Waals surface area contributed by atoms with Gasteiger partial charge in [-0.3, -0.25) is 9.59 Å². The molecule has 0 spiro atoms. The molecular formula is C17H24ClN2O4+. The summed E-state index contributed by atoms with van der Waals surface area (Å²) in [5.74, 6) is 0.148. The number of esters is 1. The maximum atomic E-state index is 12.3. The number of likely N-dealkylation sites (tertiary alicyclic amines) is 1. The Hall–Kier alpha value is -1.79. The molecule has 0 saturated carbocycles. The Kier molecular flexibility index (Phi) is 6.87. The van der Waals surface area contributed by atoms with Crippen molar-refractivity contribution in [1.82, 2.24) is 0 Å². The Morgan fingerprint density at radius 2 is 2.21 bits per heavy atom. The lowest BCUT2D eigenvalue weighted by atomic mass is 9.98. The predicted molar refractivity (Wildman–Crippen MR) is 91.6 cm³/mol. The molecule has 2 atom stereocenters. The first-order chi connectivity index (χ1) is 11.5. The van der Waals surface area contributed by atoms with Crippen LogP contribution in [0.2, 0.25) is 5.02 Å². The van der Waals surface area contributed by atoms with Gasteiger partial charge in [0, 0.05) is 5.02 Å². The first-order valence-corrected chi connectivity index (χ1v) is 8.54. The van der Waals surface area contributed by atoms with E-state index in [0.29, 0.717) is 36.2 Å². The SMILES string of the molecule is CCOC(=O)[C@@H]1CCC[NH+](CC(=O)Nc2cc(Cl)ccc2OC)C1. The summed E-state index contributed by atoms with van der Waals surface area (Å²) in [5.41, 5.74) is 0.549. The van der Waals surface area contributed by atoms with Crippen molar-refractivity contribution in [3.8, 4) is 5.75 Å². The third-order valence-electron chi connectivity index (χ3n) is 4.08. The molecule has 1 amide bonds. The summed E-state index contributed by atoms with van der Waals surface area (Å²) >= 11 is 5.97. The second-order valence-corrected chi connectivity index (χ2v) is 6.30. The van der Waals surface area contributed by atoms with Crippen LogP contribution in [0, 0.1) is 5.92 Å². The molecule has 2 rings (SSSR count). The van der Waals surface area contributed by atoms with E-state index >= 15 is 0 Å². The molecule has 6 nitrogen and oxygen atoms in total. The van der Waals surface area contributed by atoms with Crippen molar-refractivity contribution in [2.24, 2.45) is 5.92 Å². The lowest BCUT2D eigenvalue weighted by Gasteiger charge is -2.28. The van der Waals surface area contributed by atoms with E-state index in [1.54, 1.807) is 32.2 Å². The van der Waals surface area contributed by atoms with Gasteiger partial charge in [0.05, 0.1) is 32.5 Å². The van der Waals surface area contributed by atoms with Gasteiger partial charge in [0.1, 0.15) is 11.7 Å². The van der Waals surface area contributed by atoms with Crippen molar-refractivity contribution in [2.75, 3.05) is 38.7 Å². The van der Waals surface area contributed by atoms with Crippen LogP contribution in [0.5, 0.6) is 5.75 Å². The zero-order valence-corrected chi connectivity index (χ0v) is 14.8. The molecule has 1 aliphatic heterocycles. The Morgan fingerprint density at radius 3 is 2.92 bits per heavy atom. The normalized spacial score (nSPS) is 20.3. The van der Waals surface area contributed by atoms with Gasteiger partial charge in [0.15, 0.2) is 6.54 Å². The third-order valence-corrected chi connectivity index (χ3v) is 4.32. The van der Waals surface area contributed by atoms with Crippen molar-refractivity contribution in [3.05, 3.63) is 23.2 Å². The molecule has 2 N–H and O–H groups in total. The summed E-state index contributed by atoms with van der Waals surface area (Å²) in [6.45, 7) is 3.98. The second kappa shape index (κ2) is 8.89. The highest BCUT2D eigenvalue weighted by atomic mass is 35.5. The van der Waals surface area contributed by atoms with Crippen LogP contribution in [0.1, 0.15) is 19.8 Å². The molecule has 1 aromatic rings. The van der Waals surface area contributed by atoms with Crippen molar-refractivity contribution >= 4 is 29.2 Å². The van der Waals surface area contributed by atoms with Crippen LogP contribution in [-0.2, 0) is 14.3 Å². The molecule has 1 unspecified atom stereocenters. The lowest BCUT2D eigenvalue weighted by molar-refractivity contribution is -0.899. The van der Waals surface area contributed by atoms with Gasteiger partial charge in [0.25, 0.3) is 5.91 Å². The van der Waals surface area contributed by atoms with E-state index in [1.807, 2.05) is 0 Å². The number of halogens is 1. The molecule has 0 radical (unpaired) electrons. The standard InChI is InChI=1S/C17H23ClN2O4/c1-3-24-17(22)12-5-4-8-20(10-12)11-16(21)19-14-9-13(18)6-7-15(14)23-2/h6-7,9,12H,3-5,8,10-11H2,1-2H3,(H,19,21)/p+1/t12-/m1/s1. The van der Waals surface area contributed by atoms with Gasteiger partial charge in [-0.25, -0.2) is 0 Å². The Bertz CT molecular complexity index is 594. The fraction of sp³-hybridized carbons (Fsp3) is 0.529. The molecule has 1 saturated heterocycles. The van der Waals surface area contributed by atoms with Gasteiger partial charge < -0.3 is 19.7 Å².